The average Bonchev–Trinajstić information content (AvgIpc) is 3.00. The molecule has 1 aliphatic rings. The Bertz CT molecular complexity index is 871. The summed E-state index contributed by atoms with van der Waals surface area (Å²) >= 11 is 0. The Balaban J connectivity index is 1.80. The van der Waals surface area contributed by atoms with Gasteiger partial charge in [0.25, 0.3) is 0 Å². The SMILES string of the molecule is CCCC(Cc1ccc(N2CCNS2(=O)=O)c(O)c1)C(O)c1ccccc1. The molecule has 3 rings (SSSR count). The first-order valence-electron chi connectivity index (χ1n) is 9.24. The Morgan fingerprint density at radius 1 is 1.19 bits per heavy atom. The van der Waals surface area contributed by atoms with Crippen LogP contribution in [0.3, 0.4) is 0 Å². The molecule has 2 aromatic carbocycles. The molecular formula is C20H26N2O4S. The second kappa shape index (κ2) is 8.29. The average molecular weight is 391 g/mol. The first-order chi connectivity index (χ1) is 12.9. The number of nitrogens with zero attached hydrogens (tertiary/aromatic N) is 1. The molecule has 0 saturated carbocycles. The highest BCUT2D eigenvalue weighted by Gasteiger charge is 2.30. The number of phenols is 1. The fraction of sp³-hybridized carbons (Fsp3) is 0.400. The Hall–Kier alpha value is -2.09. The fourth-order valence-corrected chi connectivity index (χ4v) is 4.85. The quantitative estimate of drug-likeness (QED) is 0.678. The van der Waals surface area contributed by atoms with Crippen molar-refractivity contribution in [1.82, 2.24) is 4.72 Å². The number of aliphatic hydroxyl groups excluding tert-OH is 1. The molecule has 0 amide bonds. The number of hydrogen-bond donors (Lipinski definition) is 3. The van der Waals surface area contributed by atoms with Gasteiger partial charge in [-0.15, -0.1) is 0 Å². The topological polar surface area (TPSA) is 89.9 Å². The number of rotatable bonds is 7. The van der Waals surface area contributed by atoms with Gasteiger partial charge in [-0.1, -0.05) is 49.7 Å². The summed E-state index contributed by atoms with van der Waals surface area (Å²) in [5.74, 6) is -0.0518. The highest BCUT2D eigenvalue weighted by molar-refractivity contribution is 7.91. The van der Waals surface area contributed by atoms with Gasteiger partial charge in [-0.25, -0.2) is 0 Å². The third kappa shape index (κ3) is 4.43. The van der Waals surface area contributed by atoms with Crippen LogP contribution in [0.2, 0.25) is 0 Å². The van der Waals surface area contributed by atoms with Gasteiger partial charge in [-0.05, 0) is 42.0 Å². The van der Waals surface area contributed by atoms with Crippen LogP contribution in [0.1, 0.15) is 37.0 Å². The lowest BCUT2D eigenvalue weighted by atomic mass is 9.86. The van der Waals surface area contributed by atoms with Crippen molar-refractivity contribution in [1.29, 1.82) is 0 Å². The highest BCUT2D eigenvalue weighted by Crippen LogP contribution is 2.34. The van der Waals surface area contributed by atoms with Gasteiger partial charge in [0.15, 0.2) is 0 Å². The van der Waals surface area contributed by atoms with E-state index >= 15 is 0 Å². The van der Waals surface area contributed by atoms with Crippen LogP contribution >= 0.6 is 0 Å². The van der Waals surface area contributed by atoms with E-state index in [1.807, 2.05) is 36.4 Å². The second-order valence-corrected chi connectivity index (χ2v) is 8.58. The first kappa shape index (κ1) is 19.7. The number of benzene rings is 2. The molecule has 1 aliphatic heterocycles. The van der Waals surface area contributed by atoms with Gasteiger partial charge in [0.05, 0.1) is 11.8 Å². The molecule has 2 unspecified atom stereocenters. The van der Waals surface area contributed by atoms with Crippen molar-refractivity contribution < 1.29 is 18.6 Å². The number of hydrogen-bond acceptors (Lipinski definition) is 4. The highest BCUT2D eigenvalue weighted by atomic mass is 32.2. The van der Waals surface area contributed by atoms with E-state index in [0.717, 1.165) is 24.0 Å². The van der Waals surface area contributed by atoms with Gasteiger partial charge in [0.2, 0.25) is 0 Å². The van der Waals surface area contributed by atoms with Gasteiger partial charge in [-0.2, -0.15) is 13.1 Å². The lowest BCUT2D eigenvalue weighted by Crippen LogP contribution is -2.29. The molecule has 27 heavy (non-hydrogen) atoms. The van der Waals surface area contributed by atoms with Crippen molar-refractivity contribution in [2.45, 2.75) is 32.3 Å². The lowest BCUT2D eigenvalue weighted by Gasteiger charge is -2.24. The van der Waals surface area contributed by atoms with Crippen LogP contribution in [0.4, 0.5) is 5.69 Å². The summed E-state index contributed by atoms with van der Waals surface area (Å²) in [5, 5.41) is 21.2. The molecule has 146 valence electrons. The maximum atomic E-state index is 12.0. The van der Waals surface area contributed by atoms with Crippen LogP contribution in [0.15, 0.2) is 48.5 Å². The Morgan fingerprint density at radius 3 is 2.52 bits per heavy atom. The van der Waals surface area contributed by atoms with Crippen molar-refractivity contribution in [2.75, 3.05) is 17.4 Å². The van der Waals surface area contributed by atoms with E-state index in [0.29, 0.717) is 19.5 Å². The summed E-state index contributed by atoms with van der Waals surface area (Å²) in [6.07, 6.45) is 1.80. The zero-order valence-electron chi connectivity index (χ0n) is 15.4. The molecular weight excluding hydrogens is 364 g/mol. The normalized spacial score (nSPS) is 18.4. The lowest BCUT2D eigenvalue weighted by molar-refractivity contribution is 0.102. The largest absolute Gasteiger partial charge is 0.506 e. The molecule has 0 aromatic heterocycles. The minimum absolute atomic E-state index is 0.0137. The van der Waals surface area contributed by atoms with E-state index < -0.39 is 16.3 Å². The number of aromatic hydroxyl groups is 1. The van der Waals surface area contributed by atoms with Crippen LogP contribution in [0, 0.1) is 5.92 Å². The van der Waals surface area contributed by atoms with Crippen LogP contribution < -0.4 is 9.03 Å². The number of phenolic OH excluding ortho intramolecular Hbond substituents is 1. The van der Waals surface area contributed by atoms with Crippen molar-refractivity contribution in [3.8, 4) is 5.75 Å². The molecule has 2 atom stereocenters. The van der Waals surface area contributed by atoms with Gasteiger partial charge < -0.3 is 10.2 Å². The van der Waals surface area contributed by atoms with Gasteiger partial charge in [0, 0.05) is 13.1 Å². The number of anilines is 1. The zero-order valence-corrected chi connectivity index (χ0v) is 16.2. The molecule has 1 fully saturated rings. The molecule has 7 heteroatoms. The summed E-state index contributed by atoms with van der Waals surface area (Å²) in [6.45, 7) is 2.70. The smallest absolute Gasteiger partial charge is 0.301 e. The molecule has 0 aliphatic carbocycles. The van der Waals surface area contributed by atoms with E-state index in [4.69, 9.17) is 0 Å². The third-order valence-corrected chi connectivity index (χ3v) is 6.47. The van der Waals surface area contributed by atoms with Crippen molar-refractivity contribution in [3.63, 3.8) is 0 Å². The third-order valence-electron chi connectivity index (χ3n) is 4.94. The Morgan fingerprint density at radius 2 is 1.93 bits per heavy atom. The van der Waals surface area contributed by atoms with Crippen LogP contribution in [0.25, 0.3) is 0 Å². The summed E-state index contributed by atoms with van der Waals surface area (Å²) in [6, 6.07) is 14.6. The van der Waals surface area contributed by atoms with Crippen molar-refractivity contribution in [2.24, 2.45) is 5.92 Å². The molecule has 0 bridgehead atoms. The van der Waals surface area contributed by atoms with Gasteiger partial charge >= 0.3 is 10.2 Å². The molecule has 0 spiro atoms. The minimum atomic E-state index is -3.57. The molecule has 3 N–H and O–H groups in total. The molecule has 2 aromatic rings. The molecule has 0 radical (unpaired) electrons. The second-order valence-electron chi connectivity index (χ2n) is 6.90. The van der Waals surface area contributed by atoms with Gasteiger partial charge in [-0.3, -0.25) is 4.31 Å². The monoisotopic (exact) mass is 390 g/mol. The van der Waals surface area contributed by atoms with E-state index in [-0.39, 0.29) is 17.4 Å². The Kier molecular flexibility index (Phi) is 6.04. The van der Waals surface area contributed by atoms with Crippen LogP contribution in [0.5, 0.6) is 5.75 Å². The minimum Gasteiger partial charge on any atom is -0.506 e. The van der Waals surface area contributed by atoms with Crippen LogP contribution in [-0.2, 0) is 16.6 Å². The summed E-state index contributed by atoms with van der Waals surface area (Å²) < 4.78 is 27.6. The molecule has 1 heterocycles. The summed E-state index contributed by atoms with van der Waals surface area (Å²) in [5.41, 5.74) is 2.03. The maximum Gasteiger partial charge on any atom is 0.301 e. The first-order valence-corrected chi connectivity index (χ1v) is 10.7. The summed E-state index contributed by atoms with van der Waals surface area (Å²) in [7, 11) is -3.57. The predicted molar refractivity (Wildman–Crippen MR) is 106 cm³/mol. The molecule has 1 saturated heterocycles. The standard InChI is InChI=1S/C20H26N2O4S/c1-2-6-17(20(24)16-7-4-3-5-8-16)13-15-9-10-18(19(23)14-15)22-12-11-21-27(22,25)26/h3-5,7-10,14,17,20-21,23-24H,2,6,11-13H2,1H3. The van der Waals surface area contributed by atoms with E-state index in [2.05, 4.69) is 11.6 Å². The van der Waals surface area contributed by atoms with Crippen LogP contribution in [-0.4, -0.2) is 31.7 Å². The van der Waals surface area contributed by atoms with E-state index in [1.54, 1.807) is 12.1 Å². The van der Waals surface area contributed by atoms with Gasteiger partial charge in [0.1, 0.15) is 5.75 Å². The number of nitrogens with one attached hydrogen (secondary N) is 1. The van der Waals surface area contributed by atoms with E-state index in [1.165, 1.54) is 4.31 Å². The predicted octanol–water partition coefficient (Wildman–Crippen LogP) is 2.74. The maximum absolute atomic E-state index is 12.0. The van der Waals surface area contributed by atoms with Crippen molar-refractivity contribution in [3.05, 3.63) is 59.7 Å². The van der Waals surface area contributed by atoms with Crippen molar-refractivity contribution >= 4 is 15.9 Å². The zero-order chi connectivity index (χ0) is 19.4. The fourth-order valence-electron chi connectivity index (χ4n) is 3.60. The number of aliphatic hydroxyl groups is 1. The summed E-state index contributed by atoms with van der Waals surface area (Å²) in [4.78, 5) is 0. The Labute approximate surface area is 160 Å². The van der Waals surface area contributed by atoms with E-state index in [9.17, 15) is 18.6 Å². The molecule has 6 nitrogen and oxygen atoms in total.